The van der Waals surface area contributed by atoms with Gasteiger partial charge in [-0.15, -0.1) is 11.3 Å². The van der Waals surface area contributed by atoms with E-state index in [2.05, 4.69) is 15.3 Å². The molecule has 1 aliphatic heterocycles. The number of methoxy groups -OCH3 is 1. The summed E-state index contributed by atoms with van der Waals surface area (Å²) in [6, 6.07) is 4.71. The molecule has 2 heterocycles. The van der Waals surface area contributed by atoms with E-state index in [4.69, 9.17) is 48.2 Å². The first-order valence-corrected chi connectivity index (χ1v) is 17.2. The summed E-state index contributed by atoms with van der Waals surface area (Å²) in [5, 5.41) is 6.60. The molecule has 0 bridgehead atoms. The molecule has 1 N–H and O–H groups in total. The molecule has 0 unspecified atom stereocenters. The van der Waals surface area contributed by atoms with Crippen LogP contribution >= 0.6 is 11.3 Å². The molecule has 19 nitrogen and oxygen atoms in total. The second-order valence-corrected chi connectivity index (χ2v) is 12.3. The third-order valence-corrected chi connectivity index (χ3v) is 8.48. The SMILES string of the molecule is COC(=O)[C@H]1O[C@@H](Oc2ccc(C=O)c3sc(CCC(=O)NCCOCCOCCOCCN=[N+]=[N-])cc23)[C@H](OC(C)=O)[C@@H](OC(C)=O)[C@@H]1OC(C)=O. The highest BCUT2D eigenvalue weighted by Crippen LogP contribution is 2.38. The standard InChI is InChI=1S/C33H42N4O15S/c1-19(39)48-27-28(49-20(2)40)30(50-21(3)41)33(52-29(27)32(43)44-4)51-25-7-5-22(18-38)31-24(25)17-23(53-31)6-8-26(42)35-9-11-45-13-15-47-16-14-46-12-10-36-37-34/h5,7,17-18,27-30,33H,6,8-16H2,1-4H3,(H,35,42)/t27-,28-,29-,30+,33+/m0/s1. The van der Waals surface area contributed by atoms with Gasteiger partial charge in [0.25, 0.3) is 0 Å². The van der Waals surface area contributed by atoms with Gasteiger partial charge in [0.05, 0.1) is 46.8 Å². The van der Waals surface area contributed by atoms with Gasteiger partial charge in [-0.3, -0.25) is 24.0 Å². The molecule has 2 aromatic rings. The van der Waals surface area contributed by atoms with Gasteiger partial charge < -0.3 is 47.9 Å². The van der Waals surface area contributed by atoms with Crippen molar-refractivity contribution >= 4 is 57.5 Å². The smallest absolute Gasteiger partial charge is 0.339 e. The van der Waals surface area contributed by atoms with Crippen LogP contribution in [0, 0.1) is 0 Å². The Kier molecular flexibility index (Phi) is 17.9. The van der Waals surface area contributed by atoms with Gasteiger partial charge in [-0.25, -0.2) is 4.79 Å². The van der Waals surface area contributed by atoms with Crippen molar-refractivity contribution in [3.05, 3.63) is 39.1 Å². The zero-order chi connectivity index (χ0) is 38.8. The number of aryl methyl sites for hydroxylation is 1. The van der Waals surface area contributed by atoms with E-state index >= 15 is 0 Å². The molecule has 20 heteroatoms. The third kappa shape index (κ3) is 13.6. The van der Waals surface area contributed by atoms with Crippen LogP contribution in [0.1, 0.15) is 42.4 Å². The fourth-order valence-electron chi connectivity index (χ4n) is 5.07. The third-order valence-electron chi connectivity index (χ3n) is 7.24. The van der Waals surface area contributed by atoms with Gasteiger partial charge in [-0.05, 0) is 30.2 Å². The fourth-order valence-corrected chi connectivity index (χ4v) is 6.22. The maximum atomic E-state index is 12.8. The van der Waals surface area contributed by atoms with Crippen molar-refractivity contribution in [3.8, 4) is 5.75 Å². The predicted octanol–water partition coefficient (Wildman–Crippen LogP) is 2.19. The number of amides is 1. The van der Waals surface area contributed by atoms with Crippen LogP contribution in [-0.4, -0.2) is 127 Å². The number of aldehydes is 1. The maximum absolute atomic E-state index is 12.8. The van der Waals surface area contributed by atoms with E-state index in [0.717, 1.165) is 32.8 Å². The normalized spacial score (nSPS) is 19.4. The Balaban J connectivity index is 1.66. The minimum absolute atomic E-state index is 0.130. The lowest BCUT2D eigenvalue weighted by Crippen LogP contribution is -2.64. The molecule has 1 saturated heterocycles. The number of rotatable bonds is 22. The Bertz CT molecular complexity index is 1630. The lowest BCUT2D eigenvalue weighted by molar-refractivity contribution is -0.282. The van der Waals surface area contributed by atoms with Crippen molar-refractivity contribution < 1.29 is 71.4 Å². The van der Waals surface area contributed by atoms with Crippen LogP contribution in [0.25, 0.3) is 20.5 Å². The van der Waals surface area contributed by atoms with E-state index in [9.17, 15) is 28.8 Å². The molecule has 0 spiro atoms. The maximum Gasteiger partial charge on any atom is 0.339 e. The molecule has 1 aromatic heterocycles. The summed E-state index contributed by atoms with van der Waals surface area (Å²) < 4.78 is 49.6. The number of benzene rings is 1. The van der Waals surface area contributed by atoms with E-state index in [0.29, 0.717) is 61.4 Å². The van der Waals surface area contributed by atoms with E-state index < -0.39 is 54.6 Å². The zero-order valence-corrected chi connectivity index (χ0v) is 30.5. The first-order valence-electron chi connectivity index (χ1n) is 16.4. The van der Waals surface area contributed by atoms with Crippen LogP contribution in [0.5, 0.6) is 5.75 Å². The molecule has 290 valence electrons. The summed E-state index contributed by atoms with van der Waals surface area (Å²) >= 11 is 1.27. The summed E-state index contributed by atoms with van der Waals surface area (Å²) in [6.45, 7) is 5.77. The largest absolute Gasteiger partial charge is 0.467 e. The Morgan fingerprint density at radius 1 is 0.906 bits per heavy atom. The number of ether oxygens (including phenoxy) is 9. The van der Waals surface area contributed by atoms with Gasteiger partial charge in [0.2, 0.25) is 18.3 Å². The van der Waals surface area contributed by atoms with Crippen molar-refractivity contribution in [2.75, 3.05) is 59.8 Å². The second-order valence-electron chi connectivity index (χ2n) is 11.2. The van der Waals surface area contributed by atoms with Gasteiger partial charge in [-0.1, -0.05) is 5.11 Å². The van der Waals surface area contributed by atoms with Gasteiger partial charge in [0.1, 0.15) is 5.75 Å². The Labute approximate surface area is 308 Å². The van der Waals surface area contributed by atoms with Crippen molar-refractivity contribution in [2.24, 2.45) is 5.11 Å². The molecule has 1 aromatic carbocycles. The molecule has 3 rings (SSSR count). The Morgan fingerprint density at radius 2 is 1.53 bits per heavy atom. The highest BCUT2D eigenvalue weighted by molar-refractivity contribution is 7.19. The van der Waals surface area contributed by atoms with Crippen LogP contribution < -0.4 is 10.1 Å². The van der Waals surface area contributed by atoms with Crippen molar-refractivity contribution in [3.63, 3.8) is 0 Å². The Morgan fingerprint density at radius 3 is 2.15 bits per heavy atom. The average molecular weight is 767 g/mol. The number of nitrogens with one attached hydrogen (secondary N) is 1. The van der Waals surface area contributed by atoms with Crippen LogP contribution in [-0.2, 0) is 68.3 Å². The van der Waals surface area contributed by atoms with Crippen molar-refractivity contribution in [1.82, 2.24) is 5.32 Å². The van der Waals surface area contributed by atoms with Crippen molar-refractivity contribution in [2.45, 2.75) is 64.3 Å². The monoisotopic (exact) mass is 766 g/mol. The molecule has 0 radical (unpaired) electrons. The van der Waals surface area contributed by atoms with Crippen LogP contribution in [0.15, 0.2) is 23.3 Å². The predicted molar refractivity (Wildman–Crippen MR) is 183 cm³/mol. The molecule has 1 aliphatic rings. The van der Waals surface area contributed by atoms with E-state index in [-0.39, 0.29) is 37.8 Å². The lowest BCUT2D eigenvalue weighted by atomic mass is 9.97. The number of hydrogen-bond donors (Lipinski definition) is 1. The number of carbonyl (C=O) groups is 6. The zero-order valence-electron chi connectivity index (χ0n) is 29.6. The van der Waals surface area contributed by atoms with Gasteiger partial charge in [0, 0.05) is 65.7 Å². The number of nitrogens with zero attached hydrogens (tertiary/aromatic N) is 3. The first-order chi connectivity index (χ1) is 25.5. The summed E-state index contributed by atoms with van der Waals surface area (Å²) in [5.74, 6) is -3.56. The molecular weight excluding hydrogens is 724 g/mol. The van der Waals surface area contributed by atoms with Gasteiger partial charge in [-0.2, -0.15) is 0 Å². The van der Waals surface area contributed by atoms with E-state index in [1.54, 1.807) is 6.07 Å². The van der Waals surface area contributed by atoms with Crippen LogP contribution in [0.3, 0.4) is 0 Å². The average Bonchev–Trinajstić information content (AvgIpc) is 3.55. The molecule has 0 saturated carbocycles. The molecule has 1 fully saturated rings. The summed E-state index contributed by atoms with van der Waals surface area (Å²) in [6.07, 6.45) is -6.77. The summed E-state index contributed by atoms with van der Waals surface area (Å²) in [7, 11) is 1.07. The number of esters is 4. The Hall–Kier alpha value is -4.85. The number of hydrogen-bond acceptors (Lipinski definition) is 17. The highest BCUT2D eigenvalue weighted by Gasteiger charge is 2.56. The number of thiophene rings is 1. The molecule has 0 aliphatic carbocycles. The first kappa shape index (κ1) is 42.6. The molecule has 1 amide bonds. The highest BCUT2D eigenvalue weighted by atomic mass is 32.1. The van der Waals surface area contributed by atoms with E-state index in [1.165, 1.54) is 23.5 Å². The van der Waals surface area contributed by atoms with Crippen LogP contribution in [0.4, 0.5) is 0 Å². The number of carbonyl (C=O) groups excluding carboxylic acids is 6. The minimum atomic E-state index is -1.65. The topological polar surface area (TPSA) is 246 Å². The summed E-state index contributed by atoms with van der Waals surface area (Å²) in [4.78, 5) is 76.9. The van der Waals surface area contributed by atoms with Crippen molar-refractivity contribution in [1.29, 1.82) is 0 Å². The van der Waals surface area contributed by atoms with Gasteiger partial charge in [0.15, 0.2) is 24.6 Å². The second kappa shape index (κ2) is 22.3. The fraction of sp³-hybridized carbons (Fsp3) is 0.576. The molecular formula is C33H42N4O15S. The molecule has 53 heavy (non-hydrogen) atoms. The van der Waals surface area contributed by atoms with E-state index in [1.807, 2.05) is 0 Å². The quantitative estimate of drug-likeness (QED) is 0.0343. The summed E-state index contributed by atoms with van der Waals surface area (Å²) in [5.41, 5.74) is 8.54. The minimum Gasteiger partial charge on any atom is -0.467 e. The van der Waals surface area contributed by atoms with Gasteiger partial charge >= 0.3 is 23.9 Å². The number of azide groups is 1. The van der Waals surface area contributed by atoms with Crippen LogP contribution in [0.2, 0.25) is 0 Å². The number of fused-ring (bicyclic) bond motifs is 1. The molecule has 5 atom stereocenters. The lowest BCUT2D eigenvalue weighted by Gasteiger charge is -2.43.